The van der Waals surface area contributed by atoms with Gasteiger partial charge in [0.05, 0.1) is 0 Å². The van der Waals surface area contributed by atoms with Crippen LogP contribution in [0.15, 0.2) is 18.2 Å². The zero-order valence-corrected chi connectivity index (χ0v) is 8.77. The average molecular weight is 217 g/mol. The van der Waals surface area contributed by atoms with Crippen molar-refractivity contribution in [3.05, 3.63) is 29.8 Å². The Morgan fingerprint density at radius 3 is 2.07 bits per heavy atom. The molecule has 4 heteroatoms. The van der Waals surface area contributed by atoms with Crippen molar-refractivity contribution in [1.82, 2.24) is 0 Å². The van der Waals surface area contributed by atoms with Gasteiger partial charge in [-0.05, 0) is 29.2 Å². The van der Waals surface area contributed by atoms with Crippen LogP contribution in [0.4, 0.5) is 13.2 Å². The van der Waals surface area contributed by atoms with E-state index in [9.17, 15) is 13.2 Å². The summed E-state index contributed by atoms with van der Waals surface area (Å²) in [7, 11) is 0. The molecule has 1 radical (unpaired) electrons. The molecule has 0 atom stereocenters. The molecule has 0 aromatic heterocycles. The van der Waals surface area contributed by atoms with E-state index in [0.717, 1.165) is 5.56 Å². The van der Waals surface area contributed by atoms with Crippen LogP contribution in [-0.2, 0) is 5.41 Å². The molecule has 0 heterocycles. The second-order valence-electron chi connectivity index (χ2n) is 4.24. The Morgan fingerprint density at radius 2 is 1.73 bits per heavy atom. The second kappa shape index (κ2) is 3.76. The lowest BCUT2D eigenvalue weighted by molar-refractivity contribution is -0.274. The first kappa shape index (κ1) is 11.9. The van der Waals surface area contributed by atoms with E-state index in [1.807, 2.05) is 20.8 Å². The number of alkyl halides is 3. The maximum absolute atomic E-state index is 11.8. The van der Waals surface area contributed by atoms with E-state index < -0.39 is 6.36 Å². The Morgan fingerprint density at radius 1 is 1.13 bits per heavy atom. The third kappa shape index (κ3) is 3.81. The van der Waals surface area contributed by atoms with Crippen molar-refractivity contribution < 1.29 is 17.9 Å². The van der Waals surface area contributed by atoms with Gasteiger partial charge in [-0.15, -0.1) is 13.2 Å². The summed E-state index contributed by atoms with van der Waals surface area (Å²) in [4.78, 5) is 0. The minimum atomic E-state index is -4.64. The molecule has 0 saturated carbocycles. The van der Waals surface area contributed by atoms with Crippen LogP contribution < -0.4 is 4.74 Å². The van der Waals surface area contributed by atoms with Crippen LogP contribution in [0.2, 0.25) is 0 Å². The van der Waals surface area contributed by atoms with Crippen molar-refractivity contribution in [1.29, 1.82) is 0 Å². The molecule has 0 fully saturated rings. The number of hydrogen-bond acceptors (Lipinski definition) is 1. The van der Waals surface area contributed by atoms with Crippen LogP contribution >= 0.6 is 0 Å². The van der Waals surface area contributed by atoms with Crippen LogP contribution in [0.5, 0.6) is 5.75 Å². The first-order valence-corrected chi connectivity index (χ1v) is 4.46. The van der Waals surface area contributed by atoms with E-state index in [1.165, 1.54) is 12.1 Å². The highest BCUT2D eigenvalue weighted by molar-refractivity contribution is 5.30. The normalized spacial score (nSPS) is 12.7. The molecule has 0 N–H and O–H groups in total. The molecule has 1 aromatic rings. The average Bonchev–Trinajstić information content (AvgIpc) is 2.00. The van der Waals surface area contributed by atoms with Crippen molar-refractivity contribution in [2.24, 2.45) is 0 Å². The molecule has 0 amide bonds. The fraction of sp³-hybridized carbons (Fsp3) is 0.455. The predicted octanol–water partition coefficient (Wildman–Crippen LogP) is 3.68. The smallest absolute Gasteiger partial charge is 0.406 e. The summed E-state index contributed by atoms with van der Waals surface area (Å²) in [5.41, 5.74) is 0.716. The first-order valence-electron chi connectivity index (χ1n) is 4.46. The number of benzene rings is 1. The third-order valence-corrected chi connectivity index (χ3v) is 1.83. The zero-order chi connectivity index (χ0) is 11.7. The molecule has 15 heavy (non-hydrogen) atoms. The Kier molecular flexibility index (Phi) is 2.98. The van der Waals surface area contributed by atoms with Gasteiger partial charge in [0.25, 0.3) is 0 Å². The SMILES string of the molecule is CC(C)(C)c1[c]cc(OC(F)(F)F)cc1. The molecule has 1 rings (SSSR count). The third-order valence-electron chi connectivity index (χ3n) is 1.83. The maximum atomic E-state index is 11.8. The number of halogens is 3. The monoisotopic (exact) mass is 217 g/mol. The summed E-state index contributed by atoms with van der Waals surface area (Å²) < 4.78 is 39.3. The molecular weight excluding hydrogens is 205 g/mol. The summed E-state index contributed by atoms with van der Waals surface area (Å²) >= 11 is 0. The van der Waals surface area contributed by atoms with Crippen LogP contribution in [0.25, 0.3) is 0 Å². The molecule has 1 aromatic carbocycles. The van der Waals surface area contributed by atoms with Gasteiger partial charge in [-0.3, -0.25) is 0 Å². The molecule has 0 spiro atoms. The Labute approximate surface area is 86.9 Å². The standard InChI is InChI=1S/C11H12F3O/c1-10(2,3)8-4-6-9(7-5-8)15-11(12,13)14/h4,6-7H,1-3H3. The van der Waals surface area contributed by atoms with Gasteiger partial charge in [-0.1, -0.05) is 26.8 Å². The van der Waals surface area contributed by atoms with Crippen molar-refractivity contribution in [2.45, 2.75) is 32.5 Å². The van der Waals surface area contributed by atoms with Gasteiger partial charge >= 0.3 is 6.36 Å². The quantitative estimate of drug-likeness (QED) is 0.697. The lowest BCUT2D eigenvalue weighted by Gasteiger charge is -2.18. The van der Waals surface area contributed by atoms with Crippen LogP contribution in [0, 0.1) is 6.07 Å². The summed E-state index contributed by atoms with van der Waals surface area (Å²) in [6, 6.07) is 6.86. The van der Waals surface area contributed by atoms with Gasteiger partial charge in [0.2, 0.25) is 0 Å². The van der Waals surface area contributed by atoms with Gasteiger partial charge in [-0.25, -0.2) is 0 Å². The van der Waals surface area contributed by atoms with E-state index in [2.05, 4.69) is 10.8 Å². The highest BCUT2D eigenvalue weighted by Gasteiger charge is 2.31. The molecule has 83 valence electrons. The zero-order valence-electron chi connectivity index (χ0n) is 8.77. The molecule has 0 unspecified atom stereocenters. The molecule has 0 aliphatic rings. The van der Waals surface area contributed by atoms with Crippen molar-refractivity contribution >= 4 is 0 Å². The summed E-state index contributed by atoms with van der Waals surface area (Å²) in [6.45, 7) is 5.88. The Hall–Kier alpha value is -1.19. The maximum Gasteiger partial charge on any atom is 0.573 e. The number of hydrogen-bond donors (Lipinski definition) is 0. The van der Waals surface area contributed by atoms with Gasteiger partial charge in [0.1, 0.15) is 5.75 Å². The van der Waals surface area contributed by atoms with Gasteiger partial charge in [-0.2, -0.15) is 0 Å². The lowest BCUT2D eigenvalue weighted by atomic mass is 9.87. The van der Waals surface area contributed by atoms with Gasteiger partial charge < -0.3 is 4.74 Å². The first-order chi connectivity index (χ1) is 6.68. The fourth-order valence-electron chi connectivity index (χ4n) is 1.07. The minimum absolute atomic E-state index is 0.128. The minimum Gasteiger partial charge on any atom is -0.406 e. The van der Waals surface area contributed by atoms with Crippen LogP contribution in [-0.4, -0.2) is 6.36 Å². The number of ether oxygens (including phenoxy) is 1. The van der Waals surface area contributed by atoms with Gasteiger partial charge in [0, 0.05) is 0 Å². The lowest BCUT2D eigenvalue weighted by Crippen LogP contribution is -2.17. The molecule has 0 bridgehead atoms. The van der Waals surface area contributed by atoms with Crippen molar-refractivity contribution in [3.63, 3.8) is 0 Å². The molecular formula is C11H12F3O. The summed E-state index contributed by atoms with van der Waals surface area (Å²) in [6.07, 6.45) is -4.64. The topological polar surface area (TPSA) is 9.23 Å². The van der Waals surface area contributed by atoms with Gasteiger partial charge in [0.15, 0.2) is 0 Å². The van der Waals surface area contributed by atoms with Crippen molar-refractivity contribution in [3.8, 4) is 5.75 Å². The van der Waals surface area contributed by atoms with Crippen LogP contribution in [0.1, 0.15) is 26.3 Å². The predicted molar refractivity (Wildman–Crippen MR) is 50.7 cm³/mol. The number of rotatable bonds is 1. The van der Waals surface area contributed by atoms with E-state index in [0.29, 0.717) is 0 Å². The summed E-state index contributed by atoms with van der Waals surface area (Å²) in [5.74, 6) is -0.240. The Balaban J connectivity index is 2.82. The molecule has 0 aliphatic heterocycles. The molecule has 0 saturated heterocycles. The van der Waals surface area contributed by atoms with Crippen molar-refractivity contribution in [2.75, 3.05) is 0 Å². The molecule has 1 nitrogen and oxygen atoms in total. The van der Waals surface area contributed by atoms with E-state index in [-0.39, 0.29) is 11.2 Å². The molecule has 0 aliphatic carbocycles. The Bertz CT molecular complexity index is 319. The highest BCUT2D eigenvalue weighted by Crippen LogP contribution is 2.26. The fourth-order valence-corrected chi connectivity index (χ4v) is 1.07. The summed E-state index contributed by atoms with van der Waals surface area (Å²) in [5, 5.41) is 0. The van der Waals surface area contributed by atoms with E-state index in [4.69, 9.17) is 0 Å². The van der Waals surface area contributed by atoms with E-state index in [1.54, 1.807) is 6.07 Å². The van der Waals surface area contributed by atoms with E-state index >= 15 is 0 Å². The van der Waals surface area contributed by atoms with Crippen LogP contribution in [0.3, 0.4) is 0 Å². The second-order valence-corrected chi connectivity index (χ2v) is 4.24. The highest BCUT2D eigenvalue weighted by atomic mass is 19.4. The largest absolute Gasteiger partial charge is 0.573 e.